The lowest BCUT2D eigenvalue weighted by atomic mass is 10.1. The number of benzene rings is 1. The Morgan fingerprint density at radius 3 is 2.56 bits per heavy atom. The molecule has 0 spiro atoms. The third-order valence-electron chi connectivity index (χ3n) is 4.04. The normalized spacial score (nSPS) is 14.9. The first kappa shape index (κ1) is 18.0. The summed E-state index contributed by atoms with van der Waals surface area (Å²) in [7, 11) is -3.35. The Balaban J connectivity index is 1.66. The molecular formula is C18H14Cl2N3O3S+. The molecule has 0 amide bonds. The predicted molar refractivity (Wildman–Crippen MR) is 104 cm³/mol. The largest absolute Gasteiger partial charge is 0.439 e. The average Bonchev–Trinajstić information content (AvgIpc) is 2.64. The van der Waals surface area contributed by atoms with Gasteiger partial charge < -0.3 is 4.74 Å². The third-order valence-corrected chi connectivity index (χ3v) is 5.70. The van der Waals surface area contributed by atoms with E-state index in [0.717, 1.165) is 5.56 Å². The van der Waals surface area contributed by atoms with Gasteiger partial charge in [-0.3, -0.25) is 0 Å². The summed E-state index contributed by atoms with van der Waals surface area (Å²) in [4.78, 5) is 4.09. The highest BCUT2D eigenvalue weighted by Crippen LogP contribution is 2.32. The van der Waals surface area contributed by atoms with Gasteiger partial charge in [0.1, 0.15) is 24.2 Å². The van der Waals surface area contributed by atoms with Crippen LogP contribution in [0.1, 0.15) is 0 Å². The first-order chi connectivity index (χ1) is 12.9. The van der Waals surface area contributed by atoms with E-state index in [-0.39, 0.29) is 5.75 Å². The highest BCUT2D eigenvalue weighted by atomic mass is 35.5. The van der Waals surface area contributed by atoms with Gasteiger partial charge in [-0.2, -0.15) is 13.1 Å². The molecule has 0 bridgehead atoms. The molecule has 0 fully saturated rings. The van der Waals surface area contributed by atoms with Gasteiger partial charge in [-0.15, -0.1) is 0 Å². The molecule has 0 unspecified atom stereocenters. The minimum absolute atomic E-state index is 0.0192. The molecule has 3 heterocycles. The number of nitrogens with zero attached hydrogens (tertiary/aromatic N) is 2. The molecule has 0 aliphatic carbocycles. The summed E-state index contributed by atoms with van der Waals surface area (Å²) in [5.41, 5.74) is 1.50. The molecule has 1 aliphatic rings. The van der Waals surface area contributed by atoms with Crippen LogP contribution in [0.4, 0.5) is 5.82 Å². The molecular weight excluding hydrogens is 409 g/mol. The van der Waals surface area contributed by atoms with E-state index in [1.165, 1.54) is 6.20 Å². The Bertz CT molecular complexity index is 1100. The number of nitrogens with one attached hydrogen (secondary N) is 1. The van der Waals surface area contributed by atoms with Crippen molar-refractivity contribution in [3.05, 3.63) is 64.9 Å². The number of hydrogen-bond donors (Lipinski definition) is 1. The minimum atomic E-state index is -3.35. The molecule has 1 aliphatic heterocycles. The van der Waals surface area contributed by atoms with Crippen molar-refractivity contribution in [1.29, 1.82) is 0 Å². The quantitative estimate of drug-likeness (QED) is 0.649. The number of ether oxygens (including phenoxy) is 1. The monoisotopic (exact) mass is 422 g/mol. The fourth-order valence-corrected chi connectivity index (χ4v) is 4.18. The van der Waals surface area contributed by atoms with Gasteiger partial charge >= 0.3 is 10.0 Å². The van der Waals surface area contributed by atoms with Crippen LogP contribution in [0, 0.1) is 0 Å². The number of hydrogen-bond acceptors (Lipinski definition) is 4. The molecule has 2 aromatic heterocycles. The summed E-state index contributed by atoms with van der Waals surface area (Å²) >= 11 is 12.0. The molecule has 4 rings (SSSR count). The van der Waals surface area contributed by atoms with Gasteiger partial charge in [-0.25, -0.2) is 9.55 Å². The van der Waals surface area contributed by atoms with Gasteiger partial charge in [0.25, 0.3) is 5.82 Å². The number of fused-ring (bicyclic) bond motifs is 1. The fourth-order valence-electron chi connectivity index (χ4n) is 2.78. The lowest BCUT2D eigenvalue weighted by Crippen LogP contribution is -2.47. The minimum Gasteiger partial charge on any atom is -0.439 e. The van der Waals surface area contributed by atoms with Crippen molar-refractivity contribution in [2.75, 3.05) is 10.5 Å². The molecule has 9 heteroatoms. The van der Waals surface area contributed by atoms with Crippen LogP contribution in [-0.2, 0) is 16.6 Å². The Morgan fingerprint density at radius 1 is 1.07 bits per heavy atom. The number of aryl methyl sites for hydroxylation is 1. The topological polar surface area (TPSA) is 72.2 Å². The highest BCUT2D eigenvalue weighted by molar-refractivity contribution is 7.92. The lowest BCUT2D eigenvalue weighted by molar-refractivity contribution is -0.679. The van der Waals surface area contributed by atoms with Crippen LogP contribution >= 0.6 is 23.2 Å². The molecule has 3 aromatic rings. The van der Waals surface area contributed by atoms with Crippen LogP contribution in [0.15, 0.2) is 54.9 Å². The van der Waals surface area contributed by atoms with Crippen molar-refractivity contribution in [3.63, 3.8) is 0 Å². The SMILES string of the molecule is O=S1(=O)CC[n+]2cc(Cl)cc(-c3ccc(Oc4ccc(Cl)cn4)cc3)c2N1. The van der Waals surface area contributed by atoms with Gasteiger partial charge in [-0.1, -0.05) is 35.3 Å². The van der Waals surface area contributed by atoms with Crippen molar-refractivity contribution in [2.45, 2.75) is 6.54 Å². The van der Waals surface area contributed by atoms with Crippen molar-refractivity contribution >= 4 is 39.0 Å². The Labute approximate surface area is 166 Å². The molecule has 1 aromatic carbocycles. The number of pyridine rings is 2. The summed E-state index contributed by atoms with van der Waals surface area (Å²) in [6.07, 6.45) is 3.22. The van der Waals surface area contributed by atoms with Crippen LogP contribution in [0.25, 0.3) is 11.1 Å². The fraction of sp³-hybridized carbons (Fsp3) is 0.111. The van der Waals surface area contributed by atoms with Gasteiger partial charge in [0.05, 0.1) is 15.6 Å². The second kappa shape index (κ2) is 6.99. The average molecular weight is 423 g/mol. The van der Waals surface area contributed by atoms with Crippen molar-refractivity contribution < 1.29 is 17.7 Å². The molecule has 0 atom stereocenters. The zero-order valence-corrected chi connectivity index (χ0v) is 16.2. The highest BCUT2D eigenvalue weighted by Gasteiger charge is 2.30. The molecule has 0 saturated carbocycles. The standard InChI is InChI=1S/C18H13Cl2N3O3S/c19-13-3-6-17(21-10-13)26-15-4-1-12(2-5-15)16-9-14(20)11-23-7-8-27(24,25)22-18(16)23/h1-6,9-11H,7-8H2/p+1. The van der Waals surface area contributed by atoms with E-state index in [1.54, 1.807) is 41.1 Å². The van der Waals surface area contributed by atoms with Crippen LogP contribution in [-0.4, -0.2) is 19.2 Å². The van der Waals surface area contributed by atoms with Crippen molar-refractivity contribution in [3.8, 4) is 22.8 Å². The molecule has 27 heavy (non-hydrogen) atoms. The van der Waals surface area contributed by atoms with E-state index in [2.05, 4.69) is 9.71 Å². The summed E-state index contributed by atoms with van der Waals surface area (Å²) < 4.78 is 34.0. The Hall–Kier alpha value is -2.35. The maximum absolute atomic E-state index is 12.0. The van der Waals surface area contributed by atoms with E-state index in [9.17, 15) is 8.42 Å². The summed E-state index contributed by atoms with van der Waals surface area (Å²) in [6.45, 7) is 0.349. The first-order valence-electron chi connectivity index (χ1n) is 8.03. The van der Waals surface area contributed by atoms with Crippen LogP contribution in [0.3, 0.4) is 0 Å². The summed E-state index contributed by atoms with van der Waals surface area (Å²) in [5.74, 6) is 1.54. The van der Waals surface area contributed by atoms with Crippen LogP contribution in [0.2, 0.25) is 10.0 Å². The Kier molecular flexibility index (Phi) is 4.67. The van der Waals surface area contributed by atoms with E-state index in [4.69, 9.17) is 27.9 Å². The van der Waals surface area contributed by atoms with Crippen molar-refractivity contribution in [2.24, 2.45) is 0 Å². The number of sulfonamides is 1. The lowest BCUT2D eigenvalue weighted by Gasteiger charge is -2.16. The second-order valence-electron chi connectivity index (χ2n) is 5.98. The maximum Gasteiger partial charge on any atom is 0.302 e. The van der Waals surface area contributed by atoms with Crippen LogP contribution in [0.5, 0.6) is 11.6 Å². The number of aromatic nitrogens is 2. The van der Waals surface area contributed by atoms with Crippen LogP contribution < -0.4 is 14.0 Å². The smallest absolute Gasteiger partial charge is 0.302 e. The summed E-state index contributed by atoms with van der Waals surface area (Å²) in [6, 6.07) is 12.3. The predicted octanol–water partition coefficient (Wildman–Crippen LogP) is 3.89. The maximum atomic E-state index is 12.0. The second-order valence-corrected chi connectivity index (χ2v) is 8.69. The molecule has 6 nitrogen and oxygen atoms in total. The summed E-state index contributed by atoms with van der Waals surface area (Å²) in [5, 5.41) is 1.06. The number of rotatable bonds is 3. The van der Waals surface area contributed by atoms with E-state index in [1.807, 2.05) is 12.1 Å². The van der Waals surface area contributed by atoms with Gasteiger partial charge in [0.15, 0.2) is 0 Å². The van der Waals surface area contributed by atoms with Crippen molar-refractivity contribution in [1.82, 2.24) is 4.98 Å². The third kappa shape index (κ3) is 4.00. The molecule has 1 N–H and O–H groups in total. The van der Waals surface area contributed by atoms with Gasteiger partial charge in [-0.05, 0) is 29.8 Å². The zero-order valence-electron chi connectivity index (χ0n) is 13.9. The molecule has 0 radical (unpaired) electrons. The van der Waals surface area contributed by atoms with Gasteiger partial charge in [0.2, 0.25) is 5.88 Å². The van der Waals surface area contributed by atoms with E-state index >= 15 is 0 Å². The zero-order chi connectivity index (χ0) is 19.0. The number of halogens is 2. The molecule has 0 saturated heterocycles. The van der Waals surface area contributed by atoms with E-state index < -0.39 is 10.0 Å². The van der Waals surface area contributed by atoms with E-state index in [0.29, 0.717) is 39.6 Å². The number of anilines is 1. The first-order valence-corrected chi connectivity index (χ1v) is 10.4. The van der Waals surface area contributed by atoms with Gasteiger partial charge in [0, 0.05) is 12.3 Å². The molecule has 138 valence electrons. The Morgan fingerprint density at radius 2 is 1.85 bits per heavy atom.